The van der Waals surface area contributed by atoms with Gasteiger partial charge < -0.3 is 15.2 Å². The average Bonchev–Trinajstić information content (AvgIpc) is 2.34. The van der Waals surface area contributed by atoms with Crippen LogP contribution in [0.4, 0.5) is 0 Å². The molecule has 0 aliphatic heterocycles. The van der Waals surface area contributed by atoms with Gasteiger partial charge in [0.2, 0.25) is 0 Å². The van der Waals surface area contributed by atoms with Crippen LogP contribution in [0, 0.1) is 0 Å². The highest BCUT2D eigenvalue weighted by Crippen LogP contribution is 2.17. The van der Waals surface area contributed by atoms with E-state index in [1.54, 1.807) is 0 Å². The van der Waals surface area contributed by atoms with E-state index in [0.29, 0.717) is 6.61 Å². The first-order chi connectivity index (χ1) is 7.76. The fraction of sp³-hybridized carbons (Fsp3) is 0.538. The van der Waals surface area contributed by atoms with Crippen molar-refractivity contribution in [1.82, 2.24) is 0 Å². The van der Waals surface area contributed by atoms with Crippen molar-refractivity contribution < 1.29 is 9.47 Å². The van der Waals surface area contributed by atoms with E-state index in [0.717, 1.165) is 30.9 Å². The minimum Gasteiger partial charge on any atom is -0.494 e. The van der Waals surface area contributed by atoms with E-state index < -0.39 is 0 Å². The normalized spacial score (nSPS) is 12.2. The van der Waals surface area contributed by atoms with Crippen LogP contribution in [0.15, 0.2) is 24.3 Å². The molecule has 1 unspecified atom stereocenters. The maximum atomic E-state index is 5.77. The predicted molar refractivity (Wildman–Crippen MR) is 66.0 cm³/mol. The lowest BCUT2D eigenvalue weighted by molar-refractivity contribution is 0.283. The Bertz CT molecular complexity index is 284. The molecule has 90 valence electrons. The van der Waals surface area contributed by atoms with Gasteiger partial charge in [-0.1, -0.05) is 13.8 Å². The van der Waals surface area contributed by atoms with E-state index in [1.165, 1.54) is 0 Å². The molecule has 0 amide bonds. The van der Waals surface area contributed by atoms with Crippen LogP contribution >= 0.6 is 0 Å². The van der Waals surface area contributed by atoms with Crippen LogP contribution in [0.3, 0.4) is 0 Å². The van der Waals surface area contributed by atoms with Gasteiger partial charge in [0, 0.05) is 6.04 Å². The molecule has 1 rings (SSSR count). The van der Waals surface area contributed by atoms with Crippen LogP contribution in [0.5, 0.6) is 11.5 Å². The smallest absolute Gasteiger partial charge is 0.119 e. The quantitative estimate of drug-likeness (QED) is 0.772. The molecule has 16 heavy (non-hydrogen) atoms. The zero-order valence-corrected chi connectivity index (χ0v) is 10.1. The van der Waals surface area contributed by atoms with Gasteiger partial charge in [-0.15, -0.1) is 0 Å². The molecule has 0 spiro atoms. The Morgan fingerprint density at radius 2 is 1.62 bits per heavy atom. The molecule has 0 saturated carbocycles. The molecule has 0 fully saturated rings. The summed E-state index contributed by atoms with van der Waals surface area (Å²) in [5, 5.41) is 0. The Morgan fingerprint density at radius 1 is 1.06 bits per heavy atom. The first-order valence-electron chi connectivity index (χ1n) is 5.87. The molecule has 0 heterocycles. The molecule has 1 aromatic carbocycles. The van der Waals surface area contributed by atoms with Crippen molar-refractivity contribution in [2.24, 2.45) is 5.73 Å². The van der Waals surface area contributed by atoms with Gasteiger partial charge in [0.25, 0.3) is 0 Å². The highest BCUT2D eigenvalue weighted by molar-refractivity contribution is 5.31. The van der Waals surface area contributed by atoms with Crippen molar-refractivity contribution in [3.63, 3.8) is 0 Å². The third-order valence-electron chi connectivity index (χ3n) is 2.29. The largest absolute Gasteiger partial charge is 0.494 e. The molecule has 3 heteroatoms. The SMILES string of the molecule is CCCOc1ccc(OCC(N)CC)cc1. The molecule has 0 aliphatic carbocycles. The van der Waals surface area contributed by atoms with E-state index in [9.17, 15) is 0 Å². The zero-order chi connectivity index (χ0) is 11.8. The fourth-order valence-electron chi connectivity index (χ4n) is 1.17. The first-order valence-corrected chi connectivity index (χ1v) is 5.87. The summed E-state index contributed by atoms with van der Waals surface area (Å²) in [6.45, 7) is 5.45. The van der Waals surface area contributed by atoms with Gasteiger partial charge in [0.15, 0.2) is 0 Å². The topological polar surface area (TPSA) is 44.5 Å². The van der Waals surface area contributed by atoms with Crippen molar-refractivity contribution in [3.8, 4) is 11.5 Å². The van der Waals surface area contributed by atoms with Crippen LogP contribution in [-0.2, 0) is 0 Å². The first kappa shape index (κ1) is 12.8. The Kier molecular flexibility index (Phi) is 5.72. The lowest BCUT2D eigenvalue weighted by Crippen LogP contribution is -2.26. The van der Waals surface area contributed by atoms with Crippen LogP contribution in [-0.4, -0.2) is 19.3 Å². The predicted octanol–water partition coefficient (Wildman–Crippen LogP) is 2.59. The van der Waals surface area contributed by atoms with Crippen molar-refractivity contribution in [2.75, 3.05) is 13.2 Å². The van der Waals surface area contributed by atoms with E-state index in [4.69, 9.17) is 15.2 Å². The maximum absolute atomic E-state index is 5.77. The van der Waals surface area contributed by atoms with E-state index in [2.05, 4.69) is 13.8 Å². The van der Waals surface area contributed by atoms with Gasteiger partial charge in [-0.05, 0) is 37.1 Å². The summed E-state index contributed by atoms with van der Waals surface area (Å²) in [4.78, 5) is 0. The third kappa shape index (κ3) is 4.53. The molecule has 1 atom stereocenters. The van der Waals surface area contributed by atoms with Gasteiger partial charge in [-0.25, -0.2) is 0 Å². The second-order valence-corrected chi connectivity index (χ2v) is 3.80. The number of nitrogens with two attached hydrogens (primary N) is 1. The molecular weight excluding hydrogens is 202 g/mol. The Morgan fingerprint density at radius 3 is 2.12 bits per heavy atom. The zero-order valence-electron chi connectivity index (χ0n) is 10.1. The molecule has 2 N–H and O–H groups in total. The molecule has 0 saturated heterocycles. The van der Waals surface area contributed by atoms with E-state index in [-0.39, 0.29) is 6.04 Å². The lowest BCUT2D eigenvalue weighted by Gasteiger charge is -2.11. The molecule has 0 radical (unpaired) electrons. The third-order valence-corrected chi connectivity index (χ3v) is 2.29. The molecule has 0 bridgehead atoms. The van der Waals surface area contributed by atoms with Crippen molar-refractivity contribution >= 4 is 0 Å². The molecule has 3 nitrogen and oxygen atoms in total. The van der Waals surface area contributed by atoms with Crippen LogP contribution in [0.2, 0.25) is 0 Å². The number of ether oxygens (including phenoxy) is 2. The number of rotatable bonds is 7. The van der Waals surface area contributed by atoms with Gasteiger partial charge in [0.1, 0.15) is 18.1 Å². The lowest BCUT2D eigenvalue weighted by atomic mass is 10.2. The van der Waals surface area contributed by atoms with Gasteiger partial charge in [0.05, 0.1) is 6.61 Å². The summed E-state index contributed by atoms with van der Waals surface area (Å²) in [7, 11) is 0. The van der Waals surface area contributed by atoms with Crippen LogP contribution in [0.25, 0.3) is 0 Å². The number of hydrogen-bond donors (Lipinski definition) is 1. The monoisotopic (exact) mass is 223 g/mol. The summed E-state index contributed by atoms with van der Waals surface area (Å²) >= 11 is 0. The van der Waals surface area contributed by atoms with E-state index in [1.807, 2.05) is 24.3 Å². The minimum atomic E-state index is 0.107. The van der Waals surface area contributed by atoms with Crippen LogP contribution in [0.1, 0.15) is 26.7 Å². The van der Waals surface area contributed by atoms with Gasteiger partial charge in [-0.3, -0.25) is 0 Å². The summed E-state index contributed by atoms with van der Waals surface area (Å²) in [5.74, 6) is 1.72. The van der Waals surface area contributed by atoms with Crippen molar-refractivity contribution in [3.05, 3.63) is 24.3 Å². The summed E-state index contributed by atoms with van der Waals surface area (Å²) < 4.78 is 11.0. The van der Waals surface area contributed by atoms with E-state index >= 15 is 0 Å². The number of benzene rings is 1. The summed E-state index contributed by atoms with van der Waals surface area (Å²) in [5.41, 5.74) is 5.77. The van der Waals surface area contributed by atoms with Gasteiger partial charge >= 0.3 is 0 Å². The molecule has 0 aliphatic rings. The molecular formula is C13H21NO2. The van der Waals surface area contributed by atoms with Crippen LogP contribution < -0.4 is 15.2 Å². The standard InChI is InChI=1S/C13H21NO2/c1-3-9-15-12-5-7-13(8-6-12)16-10-11(14)4-2/h5-8,11H,3-4,9-10,14H2,1-2H3. The highest BCUT2D eigenvalue weighted by Gasteiger charge is 2.00. The number of hydrogen-bond acceptors (Lipinski definition) is 3. The maximum Gasteiger partial charge on any atom is 0.119 e. The second-order valence-electron chi connectivity index (χ2n) is 3.80. The Balaban J connectivity index is 2.38. The van der Waals surface area contributed by atoms with Crippen molar-refractivity contribution in [2.45, 2.75) is 32.7 Å². The highest BCUT2D eigenvalue weighted by atomic mass is 16.5. The minimum absolute atomic E-state index is 0.107. The average molecular weight is 223 g/mol. The molecule has 1 aromatic rings. The second kappa shape index (κ2) is 7.12. The Labute approximate surface area is 97.6 Å². The summed E-state index contributed by atoms with van der Waals surface area (Å²) in [6, 6.07) is 7.77. The Hall–Kier alpha value is -1.22. The fourth-order valence-corrected chi connectivity index (χ4v) is 1.17. The summed E-state index contributed by atoms with van der Waals surface area (Å²) in [6.07, 6.45) is 1.95. The van der Waals surface area contributed by atoms with Crippen molar-refractivity contribution in [1.29, 1.82) is 0 Å². The molecule has 0 aromatic heterocycles. The van der Waals surface area contributed by atoms with Gasteiger partial charge in [-0.2, -0.15) is 0 Å².